The highest BCUT2D eigenvalue weighted by Crippen LogP contribution is 2.24. The Bertz CT molecular complexity index is 1230. The maximum atomic E-state index is 13.0. The lowest BCUT2D eigenvalue weighted by Crippen LogP contribution is -2.28. The van der Waals surface area contributed by atoms with Crippen LogP contribution in [0.1, 0.15) is 57.9 Å². The third-order valence-corrected chi connectivity index (χ3v) is 5.46. The zero-order chi connectivity index (χ0) is 23.4. The van der Waals surface area contributed by atoms with Gasteiger partial charge in [0.2, 0.25) is 11.7 Å². The van der Waals surface area contributed by atoms with E-state index >= 15 is 0 Å². The van der Waals surface area contributed by atoms with Gasteiger partial charge in [-0.1, -0.05) is 55.8 Å². The van der Waals surface area contributed by atoms with Crippen molar-refractivity contribution in [3.8, 4) is 17.7 Å². The number of aromatic hydroxyl groups is 1. The summed E-state index contributed by atoms with van der Waals surface area (Å²) in [7, 11) is 0. The van der Waals surface area contributed by atoms with Crippen LogP contribution in [-0.4, -0.2) is 22.1 Å². The van der Waals surface area contributed by atoms with E-state index in [2.05, 4.69) is 13.8 Å². The lowest BCUT2D eigenvalue weighted by molar-refractivity contribution is 0.0916. The van der Waals surface area contributed by atoms with Crippen molar-refractivity contribution in [3.63, 3.8) is 0 Å². The molecule has 0 fully saturated rings. The topological polar surface area (TPSA) is 92.3 Å². The highest BCUT2D eigenvalue weighted by atomic mass is 16.5. The van der Waals surface area contributed by atoms with Crippen LogP contribution >= 0.6 is 0 Å². The lowest BCUT2D eigenvalue weighted by atomic mass is 10.0. The van der Waals surface area contributed by atoms with Gasteiger partial charge in [-0.25, -0.2) is 0 Å². The summed E-state index contributed by atoms with van der Waals surface area (Å²) in [6, 6.07) is 16.8. The van der Waals surface area contributed by atoms with Gasteiger partial charge in [0.05, 0.1) is 12.1 Å². The molecule has 1 N–H and O–H groups in total. The summed E-state index contributed by atoms with van der Waals surface area (Å²) < 4.78 is 6.67. The molecule has 6 nitrogen and oxygen atoms in total. The van der Waals surface area contributed by atoms with Gasteiger partial charge in [0.1, 0.15) is 17.4 Å². The summed E-state index contributed by atoms with van der Waals surface area (Å²) in [5, 5.41) is 20.3. The molecule has 164 valence electrons. The number of aromatic nitrogens is 1. The van der Waals surface area contributed by atoms with Gasteiger partial charge in [-0.05, 0) is 48.6 Å². The molecule has 0 bridgehead atoms. The van der Waals surface area contributed by atoms with Crippen molar-refractivity contribution >= 4 is 5.78 Å². The van der Waals surface area contributed by atoms with Crippen molar-refractivity contribution < 1.29 is 14.6 Å². The molecule has 3 aromatic rings. The molecule has 0 unspecified atom stereocenters. The number of hydrogen-bond acceptors (Lipinski definition) is 5. The molecule has 0 aliphatic carbocycles. The molecule has 0 saturated heterocycles. The molecular weight excluding hydrogens is 404 g/mol. The smallest absolute Gasteiger partial charge is 0.271 e. The van der Waals surface area contributed by atoms with Crippen LogP contribution in [0, 0.1) is 25.2 Å². The van der Waals surface area contributed by atoms with E-state index in [4.69, 9.17) is 4.74 Å². The van der Waals surface area contributed by atoms with E-state index in [1.165, 1.54) is 6.92 Å². The first-order valence-electron chi connectivity index (χ1n) is 10.4. The van der Waals surface area contributed by atoms with Gasteiger partial charge in [0.25, 0.3) is 5.56 Å². The predicted octanol–water partition coefficient (Wildman–Crippen LogP) is 4.48. The standard InChI is InChI=1S/C26H26N2O4/c1-16(2)20-9-11-21(12-10-20)32-15-23(29)24-18(4)22(13-27)25(30)28(26(24)31)14-19-7-5-17(3)6-8-19/h5-12,16,31H,14-15H2,1-4H3. The Balaban J connectivity index is 1.92. The van der Waals surface area contributed by atoms with Gasteiger partial charge in [-0.15, -0.1) is 0 Å². The second-order valence-electron chi connectivity index (χ2n) is 8.12. The monoisotopic (exact) mass is 430 g/mol. The third kappa shape index (κ3) is 4.73. The van der Waals surface area contributed by atoms with Crippen molar-refractivity contribution in [2.75, 3.05) is 6.61 Å². The van der Waals surface area contributed by atoms with Gasteiger partial charge in [0, 0.05) is 0 Å². The summed E-state index contributed by atoms with van der Waals surface area (Å²) in [6.07, 6.45) is 0. The molecule has 0 spiro atoms. The van der Waals surface area contributed by atoms with E-state index in [-0.39, 0.29) is 29.8 Å². The van der Waals surface area contributed by atoms with E-state index in [0.29, 0.717) is 11.7 Å². The number of Topliss-reactive ketones (excluding diaryl/α,β-unsaturated/α-hetero) is 1. The van der Waals surface area contributed by atoms with Crippen molar-refractivity contribution in [2.45, 2.75) is 40.2 Å². The van der Waals surface area contributed by atoms with Crippen molar-refractivity contribution in [1.29, 1.82) is 5.26 Å². The zero-order valence-corrected chi connectivity index (χ0v) is 18.7. The van der Waals surface area contributed by atoms with Gasteiger partial charge in [-0.3, -0.25) is 14.2 Å². The minimum Gasteiger partial charge on any atom is -0.494 e. The van der Waals surface area contributed by atoms with Gasteiger partial charge in [-0.2, -0.15) is 5.26 Å². The molecule has 1 aromatic heterocycles. The second-order valence-corrected chi connectivity index (χ2v) is 8.12. The van der Waals surface area contributed by atoms with Crippen molar-refractivity contribution in [2.24, 2.45) is 0 Å². The van der Waals surface area contributed by atoms with Crippen LogP contribution in [0.3, 0.4) is 0 Å². The van der Waals surface area contributed by atoms with Crippen LogP contribution in [0.15, 0.2) is 53.3 Å². The highest BCUT2D eigenvalue weighted by molar-refractivity contribution is 6.01. The molecule has 3 rings (SSSR count). The van der Waals surface area contributed by atoms with E-state index < -0.39 is 17.2 Å². The highest BCUT2D eigenvalue weighted by Gasteiger charge is 2.24. The molecule has 6 heteroatoms. The number of ketones is 1. The van der Waals surface area contributed by atoms with Crippen LogP contribution in [0.2, 0.25) is 0 Å². The first-order chi connectivity index (χ1) is 15.2. The number of carbonyl (C=O) groups is 1. The number of aryl methyl sites for hydroxylation is 1. The summed E-state index contributed by atoms with van der Waals surface area (Å²) in [6.45, 7) is 7.31. The molecular formula is C26H26N2O4. The molecule has 0 radical (unpaired) electrons. The fraction of sp³-hybridized carbons (Fsp3) is 0.269. The average molecular weight is 431 g/mol. The molecule has 0 amide bonds. The van der Waals surface area contributed by atoms with Crippen LogP contribution < -0.4 is 10.3 Å². The van der Waals surface area contributed by atoms with E-state index in [9.17, 15) is 20.0 Å². The maximum absolute atomic E-state index is 13.0. The van der Waals surface area contributed by atoms with Crippen molar-refractivity contribution in [1.82, 2.24) is 4.57 Å². The summed E-state index contributed by atoms with van der Waals surface area (Å²) >= 11 is 0. The number of ether oxygens (including phenoxy) is 1. The van der Waals surface area contributed by atoms with Crippen LogP contribution in [0.25, 0.3) is 0 Å². The van der Waals surface area contributed by atoms with Gasteiger partial charge >= 0.3 is 0 Å². The summed E-state index contributed by atoms with van der Waals surface area (Å²) in [5.74, 6) is -0.0736. The molecule has 0 aliphatic heterocycles. The Morgan fingerprint density at radius 2 is 1.72 bits per heavy atom. The number of pyridine rings is 1. The number of hydrogen-bond donors (Lipinski definition) is 1. The quantitative estimate of drug-likeness (QED) is 0.558. The minimum atomic E-state index is -0.634. The predicted molar refractivity (Wildman–Crippen MR) is 122 cm³/mol. The molecule has 0 atom stereocenters. The number of nitrogens with zero attached hydrogens (tertiary/aromatic N) is 2. The molecule has 2 aromatic carbocycles. The third-order valence-electron chi connectivity index (χ3n) is 5.46. The average Bonchev–Trinajstić information content (AvgIpc) is 2.77. The number of rotatable bonds is 7. The first-order valence-corrected chi connectivity index (χ1v) is 10.4. The van der Waals surface area contributed by atoms with Crippen LogP contribution in [0.4, 0.5) is 0 Å². The number of carbonyl (C=O) groups excluding carboxylic acids is 1. The second kappa shape index (κ2) is 9.52. The fourth-order valence-electron chi connectivity index (χ4n) is 3.48. The Kier molecular flexibility index (Phi) is 6.79. The fourth-order valence-corrected chi connectivity index (χ4v) is 3.48. The van der Waals surface area contributed by atoms with E-state index in [1.807, 2.05) is 49.4 Å². The Labute approximate surface area is 187 Å². The normalized spacial score (nSPS) is 10.8. The number of nitriles is 1. The lowest BCUT2D eigenvalue weighted by Gasteiger charge is -2.16. The van der Waals surface area contributed by atoms with Crippen LogP contribution in [-0.2, 0) is 6.54 Å². The van der Waals surface area contributed by atoms with Gasteiger partial charge < -0.3 is 9.84 Å². The van der Waals surface area contributed by atoms with E-state index in [0.717, 1.165) is 21.3 Å². The Morgan fingerprint density at radius 1 is 1.09 bits per heavy atom. The largest absolute Gasteiger partial charge is 0.494 e. The summed E-state index contributed by atoms with van der Waals surface area (Å²) in [4.78, 5) is 25.7. The minimum absolute atomic E-state index is 0.0394. The molecule has 0 aliphatic rings. The van der Waals surface area contributed by atoms with E-state index in [1.54, 1.807) is 12.1 Å². The molecule has 32 heavy (non-hydrogen) atoms. The Morgan fingerprint density at radius 3 is 2.28 bits per heavy atom. The Hall–Kier alpha value is -3.85. The number of benzene rings is 2. The van der Waals surface area contributed by atoms with Crippen molar-refractivity contribution in [3.05, 3.63) is 92.3 Å². The zero-order valence-electron chi connectivity index (χ0n) is 18.7. The van der Waals surface area contributed by atoms with Crippen LogP contribution in [0.5, 0.6) is 11.6 Å². The maximum Gasteiger partial charge on any atom is 0.271 e. The first kappa shape index (κ1) is 22.8. The SMILES string of the molecule is Cc1ccc(Cn2c(O)c(C(=O)COc3ccc(C(C)C)cc3)c(C)c(C#N)c2=O)cc1. The van der Waals surface area contributed by atoms with Gasteiger partial charge in [0.15, 0.2) is 6.61 Å². The molecule has 0 saturated carbocycles. The summed E-state index contributed by atoms with van der Waals surface area (Å²) in [5.41, 5.74) is 2.25. The molecule has 1 heterocycles.